The van der Waals surface area contributed by atoms with Gasteiger partial charge in [-0.1, -0.05) is 32.0 Å². The third kappa shape index (κ3) is 10.0. The number of benzene rings is 1. The summed E-state index contributed by atoms with van der Waals surface area (Å²) in [5.74, 6) is 0. The van der Waals surface area contributed by atoms with Gasteiger partial charge in [0, 0.05) is 18.3 Å². The summed E-state index contributed by atoms with van der Waals surface area (Å²) >= 11 is 0. The van der Waals surface area contributed by atoms with Gasteiger partial charge in [0.1, 0.15) is 0 Å². The Hall–Kier alpha value is -1.91. The monoisotopic (exact) mass is 212 g/mol. The topological polar surface area (TPSA) is 75.7 Å². The Morgan fingerprint density at radius 1 is 1.33 bits per heavy atom. The SMILES string of the molecule is CC.CC=NO.O=[N+]([O-])c1ccccc1. The minimum Gasteiger partial charge on any atom is -0.411 e. The highest BCUT2D eigenvalue weighted by molar-refractivity contribution is 5.51. The van der Waals surface area contributed by atoms with E-state index in [1.165, 1.54) is 18.3 Å². The lowest BCUT2D eigenvalue weighted by Crippen LogP contribution is -1.84. The summed E-state index contributed by atoms with van der Waals surface area (Å²) in [6, 6.07) is 7.93. The second-order valence-electron chi connectivity index (χ2n) is 1.97. The molecule has 5 nitrogen and oxygen atoms in total. The first kappa shape index (κ1) is 15.6. The Bertz CT molecular complexity index is 269. The lowest BCUT2D eigenvalue weighted by atomic mass is 10.3. The number of nitrogens with zero attached hydrogens (tertiary/aromatic N) is 2. The maximum atomic E-state index is 10.0. The molecule has 1 aromatic carbocycles. The van der Waals surface area contributed by atoms with Gasteiger partial charge in [-0.15, -0.1) is 5.16 Å². The van der Waals surface area contributed by atoms with Gasteiger partial charge in [0.2, 0.25) is 0 Å². The average Bonchev–Trinajstić information content (AvgIpc) is 2.33. The molecular weight excluding hydrogens is 196 g/mol. The fraction of sp³-hybridized carbons (Fsp3) is 0.300. The van der Waals surface area contributed by atoms with Crippen LogP contribution < -0.4 is 0 Å². The highest BCUT2D eigenvalue weighted by Crippen LogP contribution is 2.06. The van der Waals surface area contributed by atoms with Crippen molar-refractivity contribution in [2.75, 3.05) is 0 Å². The molecule has 15 heavy (non-hydrogen) atoms. The quantitative estimate of drug-likeness (QED) is 0.336. The smallest absolute Gasteiger partial charge is 0.269 e. The zero-order valence-corrected chi connectivity index (χ0v) is 9.12. The fourth-order valence-electron chi connectivity index (χ4n) is 0.550. The van der Waals surface area contributed by atoms with Crippen molar-refractivity contribution in [2.24, 2.45) is 5.16 Å². The first-order chi connectivity index (χ1) is 7.22. The van der Waals surface area contributed by atoms with E-state index in [0.717, 1.165) is 0 Å². The zero-order chi connectivity index (χ0) is 12.1. The van der Waals surface area contributed by atoms with Gasteiger partial charge in [0.05, 0.1) is 4.92 Å². The Labute approximate surface area is 89.2 Å². The van der Waals surface area contributed by atoms with Crippen LogP contribution in [-0.2, 0) is 0 Å². The number of hydrogen-bond acceptors (Lipinski definition) is 4. The first-order valence-electron chi connectivity index (χ1n) is 4.53. The molecule has 0 saturated carbocycles. The molecule has 1 aromatic rings. The normalized spacial score (nSPS) is 8.20. The number of nitro groups is 1. The van der Waals surface area contributed by atoms with Crippen molar-refractivity contribution >= 4 is 11.9 Å². The van der Waals surface area contributed by atoms with Gasteiger partial charge < -0.3 is 5.21 Å². The lowest BCUT2D eigenvalue weighted by Gasteiger charge is -1.85. The third-order valence-electron chi connectivity index (χ3n) is 1.08. The lowest BCUT2D eigenvalue weighted by molar-refractivity contribution is -0.384. The molecule has 0 bridgehead atoms. The van der Waals surface area contributed by atoms with Gasteiger partial charge in [-0.25, -0.2) is 0 Å². The summed E-state index contributed by atoms with van der Waals surface area (Å²) < 4.78 is 0. The van der Waals surface area contributed by atoms with E-state index in [9.17, 15) is 10.1 Å². The van der Waals surface area contributed by atoms with Gasteiger partial charge in [-0.2, -0.15) is 0 Å². The zero-order valence-electron chi connectivity index (χ0n) is 9.12. The van der Waals surface area contributed by atoms with Crippen molar-refractivity contribution in [2.45, 2.75) is 20.8 Å². The number of nitro benzene ring substituents is 1. The molecule has 1 N–H and O–H groups in total. The van der Waals surface area contributed by atoms with Gasteiger partial charge >= 0.3 is 0 Å². The van der Waals surface area contributed by atoms with Crippen LogP contribution in [0.5, 0.6) is 0 Å². The standard InChI is InChI=1S/C6H5NO2.C2H5NO.C2H6/c8-7(9)6-4-2-1-3-5-6;1-2-3-4;1-2/h1-5H;2,4H,1H3;1-2H3. The molecule has 0 fully saturated rings. The van der Waals surface area contributed by atoms with Crippen LogP contribution in [0, 0.1) is 10.1 Å². The molecule has 0 aliphatic rings. The molecule has 0 unspecified atom stereocenters. The van der Waals surface area contributed by atoms with Crippen molar-refractivity contribution in [3.8, 4) is 0 Å². The molecule has 1 rings (SSSR count). The summed E-state index contributed by atoms with van der Waals surface area (Å²) in [4.78, 5) is 9.59. The van der Waals surface area contributed by atoms with Crippen LogP contribution >= 0.6 is 0 Å². The highest BCUT2D eigenvalue weighted by Gasteiger charge is 1.98. The van der Waals surface area contributed by atoms with Crippen molar-refractivity contribution in [1.82, 2.24) is 0 Å². The molecule has 0 saturated heterocycles. The Morgan fingerprint density at radius 2 is 1.73 bits per heavy atom. The summed E-state index contributed by atoms with van der Waals surface area (Å²) in [6.07, 6.45) is 1.31. The van der Waals surface area contributed by atoms with Crippen molar-refractivity contribution < 1.29 is 10.1 Å². The number of non-ortho nitro benzene ring substituents is 1. The van der Waals surface area contributed by atoms with Crippen LogP contribution in [0.4, 0.5) is 5.69 Å². The molecule has 0 amide bonds. The number of rotatable bonds is 1. The van der Waals surface area contributed by atoms with Crippen LogP contribution in [-0.4, -0.2) is 16.3 Å². The van der Waals surface area contributed by atoms with E-state index in [1.807, 2.05) is 13.8 Å². The Morgan fingerprint density at radius 3 is 1.93 bits per heavy atom. The van der Waals surface area contributed by atoms with Crippen LogP contribution in [0.2, 0.25) is 0 Å². The number of hydrogen-bond donors (Lipinski definition) is 1. The predicted molar refractivity (Wildman–Crippen MR) is 60.4 cm³/mol. The molecule has 0 heterocycles. The van der Waals surface area contributed by atoms with Crippen molar-refractivity contribution in [3.05, 3.63) is 40.4 Å². The fourth-order valence-corrected chi connectivity index (χ4v) is 0.550. The van der Waals surface area contributed by atoms with E-state index in [1.54, 1.807) is 25.1 Å². The van der Waals surface area contributed by atoms with Crippen molar-refractivity contribution in [3.63, 3.8) is 0 Å². The maximum Gasteiger partial charge on any atom is 0.269 e. The molecule has 0 atom stereocenters. The number of para-hydroxylation sites is 1. The van der Waals surface area contributed by atoms with Crippen LogP contribution in [0.3, 0.4) is 0 Å². The largest absolute Gasteiger partial charge is 0.411 e. The molecule has 0 spiro atoms. The summed E-state index contributed by atoms with van der Waals surface area (Å²) in [6.45, 7) is 5.64. The Balaban J connectivity index is 0. The number of oxime groups is 1. The van der Waals surface area contributed by atoms with Crippen LogP contribution in [0.25, 0.3) is 0 Å². The van der Waals surface area contributed by atoms with E-state index >= 15 is 0 Å². The summed E-state index contributed by atoms with van der Waals surface area (Å²) in [5.41, 5.74) is 0.137. The van der Waals surface area contributed by atoms with E-state index in [0.29, 0.717) is 0 Å². The van der Waals surface area contributed by atoms with Gasteiger partial charge in [0.25, 0.3) is 5.69 Å². The highest BCUT2D eigenvalue weighted by atomic mass is 16.6. The van der Waals surface area contributed by atoms with E-state index < -0.39 is 4.92 Å². The molecule has 0 aromatic heterocycles. The molecule has 84 valence electrons. The van der Waals surface area contributed by atoms with E-state index in [-0.39, 0.29) is 5.69 Å². The van der Waals surface area contributed by atoms with E-state index in [2.05, 4.69) is 5.16 Å². The second-order valence-corrected chi connectivity index (χ2v) is 1.97. The molecule has 0 aliphatic carbocycles. The predicted octanol–water partition coefficient (Wildman–Crippen LogP) is 3.09. The maximum absolute atomic E-state index is 10.0. The summed E-state index contributed by atoms with van der Waals surface area (Å²) in [7, 11) is 0. The van der Waals surface area contributed by atoms with Crippen molar-refractivity contribution in [1.29, 1.82) is 0 Å². The van der Waals surface area contributed by atoms with Crippen LogP contribution in [0.1, 0.15) is 20.8 Å². The molecule has 0 aliphatic heterocycles. The minimum atomic E-state index is -0.417. The molecular formula is C10H16N2O3. The van der Waals surface area contributed by atoms with Gasteiger partial charge in [-0.3, -0.25) is 10.1 Å². The van der Waals surface area contributed by atoms with Crippen LogP contribution in [0.15, 0.2) is 35.5 Å². The second kappa shape index (κ2) is 12.1. The first-order valence-corrected chi connectivity index (χ1v) is 4.53. The summed E-state index contributed by atoms with van der Waals surface area (Å²) in [5, 5.41) is 20.1. The average molecular weight is 212 g/mol. The third-order valence-corrected chi connectivity index (χ3v) is 1.08. The minimum absolute atomic E-state index is 0.137. The molecule has 5 heteroatoms. The molecule has 0 radical (unpaired) electrons. The van der Waals surface area contributed by atoms with E-state index in [4.69, 9.17) is 5.21 Å². The van der Waals surface area contributed by atoms with Gasteiger partial charge in [-0.05, 0) is 6.92 Å². The van der Waals surface area contributed by atoms with Gasteiger partial charge in [0.15, 0.2) is 0 Å². The Kier molecular flexibility index (Phi) is 12.5.